The van der Waals surface area contributed by atoms with Crippen molar-refractivity contribution < 1.29 is 9.47 Å². The van der Waals surface area contributed by atoms with Crippen LogP contribution in [0, 0.1) is 6.92 Å². The van der Waals surface area contributed by atoms with E-state index in [1.807, 2.05) is 17.8 Å². The highest BCUT2D eigenvalue weighted by Gasteiger charge is 2.27. The molecule has 0 radical (unpaired) electrons. The van der Waals surface area contributed by atoms with Crippen LogP contribution in [-0.2, 0) is 18.2 Å². The Morgan fingerprint density at radius 2 is 2.11 bits per heavy atom. The smallest absolute Gasteiger partial charge is 0.160 e. The molecule has 1 N–H and O–H groups in total. The number of anilines is 3. The summed E-state index contributed by atoms with van der Waals surface area (Å²) in [6.45, 7) is 6.02. The van der Waals surface area contributed by atoms with Gasteiger partial charge in [0.2, 0.25) is 0 Å². The molecule has 0 saturated carbocycles. The summed E-state index contributed by atoms with van der Waals surface area (Å²) >= 11 is 0. The fourth-order valence-electron chi connectivity index (χ4n) is 3.93. The predicted octanol–water partition coefficient (Wildman–Crippen LogP) is 4.05. The molecule has 0 aliphatic carbocycles. The number of hydrogen-bond acceptors (Lipinski definition) is 5. The van der Waals surface area contributed by atoms with Gasteiger partial charge in [-0.2, -0.15) is 5.10 Å². The van der Waals surface area contributed by atoms with Crippen LogP contribution in [0.25, 0.3) is 0 Å². The quantitative estimate of drug-likeness (QED) is 0.758. The van der Waals surface area contributed by atoms with E-state index < -0.39 is 0 Å². The predicted molar refractivity (Wildman–Crippen MR) is 110 cm³/mol. The van der Waals surface area contributed by atoms with Gasteiger partial charge in [0.25, 0.3) is 0 Å². The average Bonchev–Trinajstić information content (AvgIpc) is 2.98. The summed E-state index contributed by atoms with van der Waals surface area (Å²) in [5.74, 6) is 3.07. The van der Waals surface area contributed by atoms with Gasteiger partial charge < -0.3 is 19.7 Å². The molecule has 1 aliphatic rings. The van der Waals surface area contributed by atoms with E-state index in [1.165, 1.54) is 16.8 Å². The highest BCUT2D eigenvalue weighted by atomic mass is 16.5. The van der Waals surface area contributed by atoms with Crippen LogP contribution in [0.1, 0.15) is 37.3 Å². The maximum absolute atomic E-state index is 5.40. The molecule has 3 rings (SSSR count). The minimum Gasteiger partial charge on any atom is -0.497 e. The van der Waals surface area contributed by atoms with E-state index in [0.29, 0.717) is 12.6 Å². The number of aromatic nitrogens is 2. The lowest BCUT2D eigenvalue weighted by Gasteiger charge is -2.29. The Kier molecular flexibility index (Phi) is 6.26. The molecule has 0 spiro atoms. The molecular weight excluding hydrogens is 340 g/mol. The minimum atomic E-state index is 0.303. The zero-order valence-corrected chi connectivity index (χ0v) is 17.2. The van der Waals surface area contributed by atoms with Crippen molar-refractivity contribution in [1.82, 2.24) is 9.78 Å². The number of hydrogen-bond donors (Lipinski definition) is 1. The van der Waals surface area contributed by atoms with Crippen molar-refractivity contribution in [3.63, 3.8) is 0 Å². The molecule has 2 aromatic rings. The van der Waals surface area contributed by atoms with Crippen LogP contribution in [0.3, 0.4) is 0 Å². The highest BCUT2D eigenvalue weighted by Crippen LogP contribution is 2.38. The van der Waals surface area contributed by atoms with E-state index >= 15 is 0 Å². The lowest BCUT2D eigenvalue weighted by atomic mass is 10.0. The number of nitrogens with one attached hydrogen (secondary N) is 1. The van der Waals surface area contributed by atoms with Crippen LogP contribution in [0.2, 0.25) is 0 Å². The maximum Gasteiger partial charge on any atom is 0.160 e. The third-order valence-corrected chi connectivity index (χ3v) is 5.23. The Hall–Kier alpha value is -2.21. The molecule has 1 atom stereocenters. The topological polar surface area (TPSA) is 51.5 Å². The van der Waals surface area contributed by atoms with E-state index in [9.17, 15) is 0 Å². The van der Waals surface area contributed by atoms with Gasteiger partial charge in [0.05, 0.1) is 19.8 Å². The van der Waals surface area contributed by atoms with Gasteiger partial charge in [-0.3, -0.25) is 4.68 Å². The fourth-order valence-corrected chi connectivity index (χ4v) is 3.93. The largest absolute Gasteiger partial charge is 0.497 e. The zero-order valence-electron chi connectivity index (χ0n) is 17.2. The number of fused-ring (bicyclic) bond motifs is 1. The first kappa shape index (κ1) is 19.5. The molecule has 148 valence electrons. The first-order valence-corrected chi connectivity index (χ1v) is 9.82. The molecular formula is C21H32N4O2. The second-order valence-electron chi connectivity index (χ2n) is 7.27. The molecule has 0 saturated heterocycles. The second-order valence-corrected chi connectivity index (χ2v) is 7.27. The van der Waals surface area contributed by atoms with Gasteiger partial charge in [-0.25, -0.2) is 0 Å². The summed E-state index contributed by atoms with van der Waals surface area (Å²) in [5, 5.41) is 8.56. The molecule has 2 heterocycles. The van der Waals surface area contributed by atoms with Crippen LogP contribution in [0.5, 0.6) is 5.75 Å². The molecule has 6 nitrogen and oxygen atoms in total. The van der Waals surface area contributed by atoms with Crippen LogP contribution in [-0.4, -0.2) is 43.2 Å². The number of benzene rings is 1. The van der Waals surface area contributed by atoms with Crippen molar-refractivity contribution in [2.45, 2.75) is 45.6 Å². The maximum atomic E-state index is 5.40. The minimum absolute atomic E-state index is 0.303. The van der Waals surface area contributed by atoms with Crippen molar-refractivity contribution in [3.8, 4) is 5.75 Å². The zero-order chi connectivity index (χ0) is 19.4. The standard InChI is InChI=1S/C21H32N4O2/c1-6-8-16(14-26-4)22-20-18-9-7-12-25(21(18)23-24(20)3)19-11-10-17(27-5)13-15(19)2/h10-11,13,16,22H,6-9,12,14H2,1-5H3. The van der Waals surface area contributed by atoms with Crippen LogP contribution in [0.15, 0.2) is 18.2 Å². The van der Waals surface area contributed by atoms with E-state index in [4.69, 9.17) is 14.6 Å². The third-order valence-electron chi connectivity index (χ3n) is 5.23. The number of ether oxygens (including phenoxy) is 2. The van der Waals surface area contributed by atoms with E-state index in [0.717, 1.165) is 49.6 Å². The Bertz CT molecular complexity index is 766. The van der Waals surface area contributed by atoms with Gasteiger partial charge in [-0.05, 0) is 49.9 Å². The van der Waals surface area contributed by atoms with Crippen molar-refractivity contribution in [3.05, 3.63) is 29.3 Å². The summed E-state index contributed by atoms with van der Waals surface area (Å²) in [6.07, 6.45) is 4.36. The van der Waals surface area contributed by atoms with Crippen LogP contribution in [0.4, 0.5) is 17.3 Å². The molecule has 6 heteroatoms. The summed E-state index contributed by atoms with van der Waals surface area (Å²) in [7, 11) is 5.49. The fraction of sp³-hybridized carbons (Fsp3) is 0.571. The van der Waals surface area contributed by atoms with Gasteiger partial charge in [-0.1, -0.05) is 13.3 Å². The summed E-state index contributed by atoms with van der Waals surface area (Å²) in [6, 6.07) is 6.55. The molecule has 27 heavy (non-hydrogen) atoms. The Morgan fingerprint density at radius 3 is 2.78 bits per heavy atom. The van der Waals surface area contributed by atoms with Gasteiger partial charge in [0.1, 0.15) is 11.6 Å². The molecule has 1 aliphatic heterocycles. The lowest BCUT2D eigenvalue weighted by molar-refractivity contribution is 0.182. The normalized spacial score (nSPS) is 14.8. The summed E-state index contributed by atoms with van der Waals surface area (Å²) < 4.78 is 12.7. The molecule has 0 bridgehead atoms. The number of nitrogens with zero attached hydrogens (tertiary/aromatic N) is 3. The first-order valence-electron chi connectivity index (χ1n) is 9.82. The summed E-state index contributed by atoms with van der Waals surface area (Å²) in [5.41, 5.74) is 3.70. The monoisotopic (exact) mass is 372 g/mol. The number of rotatable bonds is 8. The van der Waals surface area contributed by atoms with Crippen LogP contribution >= 0.6 is 0 Å². The molecule has 0 fully saturated rings. The lowest BCUT2D eigenvalue weighted by Crippen LogP contribution is -2.28. The van der Waals surface area contributed by atoms with E-state index in [1.54, 1.807) is 14.2 Å². The highest BCUT2D eigenvalue weighted by molar-refractivity contribution is 5.72. The summed E-state index contributed by atoms with van der Waals surface area (Å²) in [4.78, 5) is 2.34. The molecule has 1 aromatic carbocycles. The van der Waals surface area contributed by atoms with Gasteiger partial charge >= 0.3 is 0 Å². The van der Waals surface area contributed by atoms with Gasteiger partial charge in [0.15, 0.2) is 5.82 Å². The number of aryl methyl sites for hydroxylation is 2. The Balaban J connectivity index is 1.93. The number of methoxy groups -OCH3 is 2. The van der Waals surface area contributed by atoms with Crippen molar-refractivity contribution in [2.24, 2.45) is 7.05 Å². The Labute approximate surface area is 162 Å². The van der Waals surface area contributed by atoms with Crippen molar-refractivity contribution in [2.75, 3.05) is 37.6 Å². The molecule has 0 amide bonds. The van der Waals surface area contributed by atoms with Crippen molar-refractivity contribution in [1.29, 1.82) is 0 Å². The molecule has 1 aromatic heterocycles. The SMILES string of the molecule is CCCC(COC)Nc1c2c(nn1C)N(c1ccc(OC)cc1C)CCC2. The Morgan fingerprint density at radius 1 is 1.30 bits per heavy atom. The first-order chi connectivity index (χ1) is 13.1. The van der Waals surface area contributed by atoms with Gasteiger partial charge in [-0.15, -0.1) is 0 Å². The second kappa shape index (κ2) is 8.65. The third kappa shape index (κ3) is 4.05. The van der Waals surface area contributed by atoms with Crippen LogP contribution < -0.4 is 15.0 Å². The van der Waals surface area contributed by atoms with Crippen molar-refractivity contribution >= 4 is 17.3 Å². The average molecular weight is 373 g/mol. The van der Waals surface area contributed by atoms with Gasteiger partial charge in [0, 0.05) is 32.0 Å². The van der Waals surface area contributed by atoms with E-state index in [-0.39, 0.29) is 0 Å². The molecule has 1 unspecified atom stereocenters. The van der Waals surface area contributed by atoms with E-state index in [2.05, 4.69) is 36.2 Å².